The van der Waals surface area contributed by atoms with Gasteiger partial charge < -0.3 is 19.9 Å². The molecular formula is C23H31N3O2. The SMILES string of the molecule is CCOc1ccc(NC(=O)N2CCN(c3c(C)cccc3C(C)C)CC2)cc1. The lowest BCUT2D eigenvalue weighted by atomic mass is 9.97. The molecule has 1 N–H and O–H groups in total. The van der Waals surface area contributed by atoms with Gasteiger partial charge in [-0.25, -0.2) is 4.79 Å². The van der Waals surface area contributed by atoms with Crippen LogP contribution in [0.5, 0.6) is 5.75 Å². The Morgan fingerprint density at radius 3 is 2.36 bits per heavy atom. The van der Waals surface area contributed by atoms with Crippen molar-refractivity contribution >= 4 is 17.4 Å². The minimum Gasteiger partial charge on any atom is -0.494 e. The van der Waals surface area contributed by atoms with Gasteiger partial charge in [0.25, 0.3) is 0 Å². The van der Waals surface area contributed by atoms with Gasteiger partial charge in [0.1, 0.15) is 5.75 Å². The molecule has 1 saturated heterocycles. The zero-order valence-corrected chi connectivity index (χ0v) is 17.4. The van der Waals surface area contributed by atoms with Crippen LogP contribution in [0.15, 0.2) is 42.5 Å². The van der Waals surface area contributed by atoms with Crippen LogP contribution in [0.1, 0.15) is 37.8 Å². The Kier molecular flexibility index (Phi) is 6.45. The molecule has 2 aromatic carbocycles. The standard InChI is InChI=1S/C23H31N3O2/c1-5-28-20-11-9-19(10-12-20)24-23(27)26-15-13-25(14-16-26)22-18(4)7-6-8-21(22)17(2)3/h6-12,17H,5,13-16H2,1-4H3,(H,24,27). The number of nitrogens with zero attached hydrogens (tertiary/aromatic N) is 2. The zero-order valence-electron chi connectivity index (χ0n) is 17.4. The first-order valence-electron chi connectivity index (χ1n) is 10.1. The molecule has 5 nitrogen and oxygen atoms in total. The maximum absolute atomic E-state index is 12.6. The summed E-state index contributed by atoms with van der Waals surface area (Å²) in [6, 6.07) is 14.0. The number of anilines is 2. The number of benzene rings is 2. The molecule has 150 valence electrons. The fraction of sp³-hybridized carbons (Fsp3) is 0.435. The van der Waals surface area contributed by atoms with Crippen LogP contribution in [0, 0.1) is 6.92 Å². The predicted octanol–water partition coefficient (Wildman–Crippen LogP) is 4.87. The fourth-order valence-electron chi connectivity index (χ4n) is 3.72. The molecule has 0 atom stereocenters. The largest absolute Gasteiger partial charge is 0.494 e. The molecule has 1 heterocycles. The average Bonchev–Trinajstić information content (AvgIpc) is 2.69. The summed E-state index contributed by atoms with van der Waals surface area (Å²) < 4.78 is 5.44. The van der Waals surface area contributed by atoms with Crippen molar-refractivity contribution in [3.8, 4) is 5.75 Å². The van der Waals surface area contributed by atoms with Crippen molar-refractivity contribution in [2.24, 2.45) is 0 Å². The number of hydrogen-bond acceptors (Lipinski definition) is 3. The van der Waals surface area contributed by atoms with E-state index in [1.54, 1.807) is 0 Å². The van der Waals surface area contributed by atoms with Crippen molar-refractivity contribution in [2.45, 2.75) is 33.6 Å². The highest BCUT2D eigenvalue weighted by Gasteiger charge is 2.24. The molecule has 1 aliphatic heterocycles. The van der Waals surface area contributed by atoms with Gasteiger partial charge in [-0.05, 0) is 55.2 Å². The summed E-state index contributed by atoms with van der Waals surface area (Å²) in [4.78, 5) is 16.9. The lowest BCUT2D eigenvalue weighted by Crippen LogP contribution is -2.50. The first kappa shape index (κ1) is 20.1. The van der Waals surface area contributed by atoms with Crippen LogP contribution in [0.2, 0.25) is 0 Å². The van der Waals surface area contributed by atoms with E-state index in [0.717, 1.165) is 24.5 Å². The topological polar surface area (TPSA) is 44.8 Å². The van der Waals surface area contributed by atoms with E-state index in [1.165, 1.54) is 16.8 Å². The number of aryl methyl sites for hydroxylation is 1. The van der Waals surface area contributed by atoms with E-state index in [-0.39, 0.29) is 6.03 Å². The lowest BCUT2D eigenvalue weighted by Gasteiger charge is -2.38. The van der Waals surface area contributed by atoms with Gasteiger partial charge in [-0.1, -0.05) is 32.0 Å². The van der Waals surface area contributed by atoms with Gasteiger partial charge in [0, 0.05) is 37.6 Å². The number of ether oxygens (including phenoxy) is 1. The Labute approximate surface area is 168 Å². The molecule has 0 aliphatic carbocycles. The first-order chi connectivity index (χ1) is 13.5. The number of nitrogens with one attached hydrogen (secondary N) is 1. The minimum absolute atomic E-state index is 0.0438. The summed E-state index contributed by atoms with van der Waals surface area (Å²) >= 11 is 0. The Morgan fingerprint density at radius 2 is 1.75 bits per heavy atom. The van der Waals surface area contributed by atoms with E-state index >= 15 is 0 Å². The number of rotatable bonds is 5. The minimum atomic E-state index is -0.0438. The van der Waals surface area contributed by atoms with Gasteiger partial charge >= 0.3 is 6.03 Å². The van der Waals surface area contributed by atoms with Crippen molar-refractivity contribution in [3.05, 3.63) is 53.6 Å². The van der Waals surface area contributed by atoms with Crippen LogP contribution in [-0.4, -0.2) is 43.7 Å². The van der Waals surface area contributed by atoms with Crippen LogP contribution < -0.4 is 15.0 Å². The molecule has 3 rings (SSSR count). The average molecular weight is 382 g/mol. The molecule has 1 fully saturated rings. The number of para-hydroxylation sites is 1. The highest BCUT2D eigenvalue weighted by atomic mass is 16.5. The summed E-state index contributed by atoms with van der Waals surface area (Å²) in [6.45, 7) is 12.4. The van der Waals surface area contributed by atoms with Gasteiger partial charge in [-0.3, -0.25) is 0 Å². The van der Waals surface area contributed by atoms with E-state index in [9.17, 15) is 4.79 Å². The quantitative estimate of drug-likeness (QED) is 0.803. The second-order valence-corrected chi connectivity index (χ2v) is 7.53. The highest BCUT2D eigenvalue weighted by Crippen LogP contribution is 2.31. The summed E-state index contributed by atoms with van der Waals surface area (Å²) in [6.07, 6.45) is 0. The molecule has 28 heavy (non-hydrogen) atoms. The van der Waals surface area contributed by atoms with Gasteiger partial charge in [0.2, 0.25) is 0 Å². The lowest BCUT2D eigenvalue weighted by molar-refractivity contribution is 0.208. The number of hydrogen-bond donors (Lipinski definition) is 1. The molecule has 0 unspecified atom stereocenters. The van der Waals surface area contributed by atoms with Crippen molar-refractivity contribution in [2.75, 3.05) is 43.0 Å². The summed E-state index contributed by atoms with van der Waals surface area (Å²) in [5, 5.41) is 2.99. The van der Waals surface area contributed by atoms with Crippen LogP contribution in [0.4, 0.5) is 16.2 Å². The van der Waals surface area contributed by atoms with E-state index in [4.69, 9.17) is 4.74 Å². The van der Waals surface area contributed by atoms with Crippen molar-refractivity contribution in [3.63, 3.8) is 0 Å². The van der Waals surface area contributed by atoms with E-state index in [0.29, 0.717) is 25.6 Å². The third-order valence-corrected chi connectivity index (χ3v) is 5.19. The molecule has 0 saturated carbocycles. The number of piperazine rings is 1. The molecule has 0 bridgehead atoms. The second-order valence-electron chi connectivity index (χ2n) is 7.53. The number of carbonyl (C=O) groups excluding carboxylic acids is 1. The maximum Gasteiger partial charge on any atom is 0.321 e. The molecule has 0 spiro atoms. The zero-order chi connectivity index (χ0) is 20.1. The van der Waals surface area contributed by atoms with Crippen molar-refractivity contribution < 1.29 is 9.53 Å². The fourth-order valence-corrected chi connectivity index (χ4v) is 3.72. The van der Waals surface area contributed by atoms with Gasteiger partial charge in [-0.15, -0.1) is 0 Å². The normalized spacial score (nSPS) is 14.3. The van der Waals surface area contributed by atoms with Crippen LogP contribution in [-0.2, 0) is 0 Å². The number of amides is 2. The maximum atomic E-state index is 12.6. The summed E-state index contributed by atoms with van der Waals surface area (Å²) in [5.74, 6) is 1.30. The van der Waals surface area contributed by atoms with Gasteiger partial charge in [0.15, 0.2) is 0 Å². The second kappa shape index (κ2) is 9.00. The van der Waals surface area contributed by atoms with E-state index < -0.39 is 0 Å². The van der Waals surface area contributed by atoms with Crippen LogP contribution >= 0.6 is 0 Å². The molecule has 2 aromatic rings. The monoisotopic (exact) mass is 381 g/mol. The van der Waals surface area contributed by atoms with E-state index in [2.05, 4.69) is 49.2 Å². The van der Waals surface area contributed by atoms with Crippen LogP contribution in [0.25, 0.3) is 0 Å². The molecule has 0 radical (unpaired) electrons. The van der Waals surface area contributed by atoms with E-state index in [1.807, 2.05) is 36.1 Å². The first-order valence-corrected chi connectivity index (χ1v) is 10.1. The van der Waals surface area contributed by atoms with Crippen LogP contribution in [0.3, 0.4) is 0 Å². The Balaban J connectivity index is 1.60. The third-order valence-electron chi connectivity index (χ3n) is 5.19. The third kappa shape index (κ3) is 4.58. The molecule has 2 amide bonds. The van der Waals surface area contributed by atoms with Gasteiger partial charge in [0.05, 0.1) is 6.61 Å². The molecule has 0 aromatic heterocycles. The van der Waals surface area contributed by atoms with Crippen molar-refractivity contribution in [1.29, 1.82) is 0 Å². The Morgan fingerprint density at radius 1 is 1.07 bits per heavy atom. The molecule has 5 heteroatoms. The summed E-state index contributed by atoms with van der Waals surface area (Å²) in [7, 11) is 0. The Hall–Kier alpha value is -2.69. The Bertz CT molecular complexity index is 794. The smallest absolute Gasteiger partial charge is 0.321 e. The summed E-state index contributed by atoms with van der Waals surface area (Å²) in [5.41, 5.74) is 4.81. The number of urea groups is 1. The predicted molar refractivity (Wildman–Crippen MR) is 116 cm³/mol. The molecule has 1 aliphatic rings. The van der Waals surface area contributed by atoms with Gasteiger partial charge in [-0.2, -0.15) is 0 Å². The number of carbonyl (C=O) groups is 1. The highest BCUT2D eigenvalue weighted by molar-refractivity contribution is 5.89. The van der Waals surface area contributed by atoms with Crippen molar-refractivity contribution in [1.82, 2.24) is 4.90 Å². The molecular weight excluding hydrogens is 350 g/mol.